The zero-order valence-corrected chi connectivity index (χ0v) is 11.8. The third-order valence-electron chi connectivity index (χ3n) is 2.67. The topological polar surface area (TPSA) is 124 Å². The molecule has 1 aromatic carbocycles. The first kappa shape index (κ1) is 14.9. The van der Waals surface area contributed by atoms with Crippen molar-refractivity contribution in [1.82, 2.24) is 9.78 Å². The Bertz CT molecular complexity index is 713. The Morgan fingerprint density at radius 3 is 2.86 bits per heavy atom. The molecule has 1 heterocycles. The van der Waals surface area contributed by atoms with Gasteiger partial charge in [0.2, 0.25) is 0 Å². The van der Waals surface area contributed by atoms with Gasteiger partial charge in [-0.3, -0.25) is 10.1 Å². The molecule has 0 aliphatic rings. The predicted octanol–water partition coefficient (Wildman–Crippen LogP) is 2.17. The molecule has 0 aliphatic heterocycles. The molecule has 0 spiro atoms. The van der Waals surface area contributed by atoms with Gasteiger partial charge in [-0.05, 0) is 11.8 Å². The van der Waals surface area contributed by atoms with E-state index in [1.165, 1.54) is 34.6 Å². The van der Waals surface area contributed by atoms with Gasteiger partial charge in [0.05, 0.1) is 10.6 Å². The van der Waals surface area contributed by atoms with Crippen molar-refractivity contribution < 1.29 is 14.8 Å². The lowest BCUT2D eigenvalue weighted by atomic mass is 10.3. The van der Waals surface area contributed by atoms with Crippen LogP contribution in [0.1, 0.15) is 17.3 Å². The van der Waals surface area contributed by atoms with Gasteiger partial charge >= 0.3 is 5.97 Å². The molecular formula is C12H12N4O4S. The summed E-state index contributed by atoms with van der Waals surface area (Å²) in [7, 11) is 0. The first-order valence-corrected chi connectivity index (χ1v) is 6.93. The number of aromatic carboxylic acids is 1. The molecule has 0 aliphatic carbocycles. The van der Waals surface area contributed by atoms with E-state index in [9.17, 15) is 20.0 Å². The lowest BCUT2D eigenvalue weighted by molar-refractivity contribution is -0.384. The van der Waals surface area contributed by atoms with E-state index in [0.717, 1.165) is 0 Å². The van der Waals surface area contributed by atoms with Gasteiger partial charge in [0.15, 0.2) is 0 Å². The van der Waals surface area contributed by atoms with Crippen LogP contribution >= 0.6 is 11.8 Å². The van der Waals surface area contributed by atoms with Gasteiger partial charge in [-0.25, -0.2) is 9.48 Å². The van der Waals surface area contributed by atoms with Crippen molar-refractivity contribution in [3.63, 3.8) is 0 Å². The van der Waals surface area contributed by atoms with E-state index in [-0.39, 0.29) is 22.1 Å². The zero-order valence-electron chi connectivity index (χ0n) is 11.0. The van der Waals surface area contributed by atoms with Crippen LogP contribution in [-0.2, 0) is 0 Å². The second kappa shape index (κ2) is 5.83. The highest BCUT2D eigenvalue weighted by Crippen LogP contribution is 2.29. The number of carboxylic acid groups (broad SMARTS) is 1. The van der Waals surface area contributed by atoms with Crippen LogP contribution in [0.25, 0.3) is 5.69 Å². The third kappa shape index (κ3) is 2.82. The maximum Gasteiger partial charge on any atom is 0.342 e. The number of nitro groups is 1. The van der Waals surface area contributed by atoms with E-state index in [1.54, 1.807) is 6.07 Å². The molecular weight excluding hydrogens is 296 g/mol. The number of rotatable bonds is 5. The molecule has 0 amide bonds. The Morgan fingerprint density at radius 1 is 1.57 bits per heavy atom. The lowest BCUT2D eigenvalue weighted by Gasteiger charge is -2.03. The number of carboxylic acids is 1. The number of hydrogen-bond acceptors (Lipinski definition) is 6. The number of hydrogen-bond donors (Lipinski definition) is 2. The molecule has 3 N–H and O–H groups in total. The van der Waals surface area contributed by atoms with Gasteiger partial charge in [-0.15, -0.1) is 11.8 Å². The Kier molecular flexibility index (Phi) is 4.13. The van der Waals surface area contributed by atoms with Crippen LogP contribution in [0.2, 0.25) is 0 Å². The number of anilines is 1. The highest BCUT2D eigenvalue weighted by molar-refractivity contribution is 7.99. The monoisotopic (exact) mass is 308 g/mol. The molecule has 1 aromatic heterocycles. The normalized spacial score (nSPS) is 10.5. The van der Waals surface area contributed by atoms with E-state index in [2.05, 4.69) is 5.10 Å². The van der Waals surface area contributed by atoms with Crippen LogP contribution in [-0.4, -0.2) is 31.5 Å². The van der Waals surface area contributed by atoms with Gasteiger partial charge in [0, 0.05) is 12.1 Å². The third-order valence-corrected chi connectivity index (χ3v) is 3.52. The summed E-state index contributed by atoms with van der Waals surface area (Å²) in [4.78, 5) is 21.5. The van der Waals surface area contributed by atoms with Crippen molar-refractivity contribution >= 4 is 29.2 Å². The Morgan fingerprint density at radius 2 is 2.29 bits per heavy atom. The molecule has 21 heavy (non-hydrogen) atoms. The number of aromatic nitrogens is 2. The smallest absolute Gasteiger partial charge is 0.342 e. The number of benzene rings is 1. The molecule has 0 bridgehead atoms. The number of nitro benzene ring substituents is 1. The van der Waals surface area contributed by atoms with E-state index in [1.807, 2.05) is 6.92 Å². The molecule has 9 heteroatoms. The Balaban J connectivity index is 2.59. The standard InChI is InChI=1S/C12H12N4O4S/c1-2-21-11-9(12(17)18)10(13)15(14-11)7-4-3-5-8(6-7)16(19)20/h3-6H,2,13H2,1H3,(H,17,18). The molecule has 2 aromatic rings. The van der Waals surface area contributed by atoms with Crippen molar-refractivity contribution in [3.8, 4) is 5.69 Å². The fourth-order valence-corrected chi connectivity index (χ4v) is 2.53. The molecule has 0 saturated heterocycles. The van der Waals surface area contributed by atoms with Crippen LogP contribution in [0.15, 0.2) is 29.3 Å². The lowest BCUT2D eigenvalue weighted by Crippen LogP contribution is -2.06. The number of nitrogens with two attached hydrogens (primary N) is 1. The highest BCUT2D eigenvalue weighted by atomic mass is 32.2. The molecule has 0 atom stereocenters. The maximum absolute atomic E-state index is 11.3. The summed E-state index contributed by atoms with van der Waals surface area (Å²) < 4.78 is 1.20. The first-order chi connectivity index (χ1) is 9.95. The van der Waals surface area contributed by atoms with Crippen molar-refractivity contribution in [2.75, 3.05) is 11.5 Å². The minimum Gasteiger partial charge on any atom is -0.477 e. The second-order valence-electron chi connectivity index (χ2n) is 3.99. The number of non-ortho nitro benzene ring substituents is 1. The van der Waals surface area contributed by atoms with Crippen molar-refractivity contribution in [2.45, 2.75) is 11.9 Å². The summed E-state index contributed by atoms with van der Waals surface area (Å²) in [6.07, 6.45) is 0. The van der Waals surface area contributed by atoms with Gasteiger partial charge < -0.3 is 10.8 Å². The summed E-state index contributed by atoms with van der Waals surface area (Å²) >= 11 is 1.24. The molecule has 8 nitrogen and oxygen atoms in total. The van der Waals surface area contributed by atoms with Crippen LogP contribution in [0.5, 0.6) is 0 Å². The maximum atomic E-state index is 11.3. The van der Waals surface area contributed by atoms with Crippen molar-refractivity contribution in [1.29, 1.82) is 0 Å². The molecule has 110 valence electrons. The van der Waals surface area contributed by atoms with E-state index in [4.69, 9.17) is 5.73 Å². The van der Waals surface area contributed by atoms with Crippen LogP contribution < -0.4 is 5.73 Å². The first-order valence-electron chi connectivity index (χ1n) is 5.95. The second-order valence-corrected chi connectivity index (χ2v) is 5.25. The average molecular weight is 308 g/mol. The molecule has 0 unspecified atom stereocenters. The van der Waals surface area contributed by atoms with Gasteiger partial charge in [0.25, 0.3) is 5.69 Å². The number of nitrogens with zero attached hydrogens (tertiary/aromatic N) is 3. The van der Waals surface area contributed by atoms with Crippen LogP contribution in [0.3, 0.4) is 0 Å². The molecule has 0 fully saturated rings. The molecule has 2 rings (SSSR count). The fourth-order valence-electron chi connectivity index (χ4n) is 1.78. The summed E-state index contributed by atoms with van der Waals surface area (Å²) in [5, 5.41) is 24.4. The summed E-state index contributed by atoms with van der Waals surface area (Å²) in [6.45, 7) is 1.86. The highest BCUT2D eigenvalue weighted by Gasteiger charge is 2.23. The zero-order chi connectivity index (χ0) is 15.6. The van der Waals surface area contributed by atoms with Gasteiger partial charge in [0.1, 0.15) is 16.4 Å². The summed E-state index contributed by atoms with van der Waals surface area (Å²) in [6, 6.07) is 5.68. The van der Waals surface area contributed by atoms with Crippen LogP contribution in [0.4, 0.5) is 11.5 Å². The Labute approximate surface area is 123 Å². The Hall–Kier alpha value is -2.55. The largest absolute Gasteiger partial charge is 0.477 e. The predicted molar refractivity (Wildman–Crippen MR) is 78.0 cm³/mol. The van der Waals surface area contributed by atoms with E-state index in [0.29, 0.717) is 11.4 Å². The quantitative estimate of drug-likeness (QED) is 0.492. The SMILES string of the molecule is CCSc1nn(-c2cccc([N+](=O)[O-])c2)c(N)c1C(=O)O. The molecule has 0 saturated carbocycles. The van der Waals surface area contributed by atoms with Crippen molar-refractivity contribution in [2.24, 2.45) is 0 Å². The fraction of sp³-hybridized carbons (Fsp3) is 0.167. The average Bonchev–Trinajstić information content (AvgIpc) is 2.76. The number of thioether (sulfide) groups is 1. The van der Waals surface area contributed by atoms with Gasteiger partial charge in [-0.1, -0.05) is 13.0 Å². The number of carbonyl (C=O) groups is 1. The van der Waals surface area contributed by atoms with Crippen molar-refractivity contribution in [3.05, 3.63) is 39.9 Å². The summed E-state index contributed by atoms with van der Waals surface area (Å²) in [5.74, 6) is -0.606. The molecule has 0 radical (unpaired) electrons. The minimum absolute atomic E-state index is 0.0565. The van der Waals surface area contributed by atoms with E-state index >= 15 is 0 Å². The number of nitrogen functional groups attached to an aromatic ring is 1. The minimum atomic E-state index is -1.18. The van der Waals surface area contributed by atoms with Gasteiger partial charge in [-0.2, -0.15) is 5.10 Å². The van der Waals surface area contributed by atoms with E-state index < -0.39 is 10.9 Å². The summed E-state index contributed by atoms with van der Waals surface area (Å²) in [5.41, 5.74) is 5.96. The van der Waals surface area contributed by atoms with Crippen LogP contribution in [0, 0.1) is 10.1 Å².